The molecule has 0 bridgehead atoms. The summed E-state index contributed by atoms with van der Waals surface area (Å²) in [7, 11) is 0. The van der Waals surface area contributed by atoms with Gasteiger partial charge in [-0.3, -0.25) is 0 Å². The van der Waals surface area contributed by atoms with E-state index in [1.807, 2.05) is 30.5 Å². The van der Waals surface area contributed by atoms with Gasteiger partial charge in [-0.1, -0.05) is 18.2 Å². The Morgan fingerprint density at radius 1 is 1.20 bits per heavy atom. The van der Waals surface area contributed by atoms with Crippen molar-refractivity contribution in [3.8, 4) is 0 Å². The van der Waals surface area contributed by atoms with E-state index in [0.29, 0.717) is 0 Å². The third kappa shape index (κ3) is 0.739. The van der Waals surface area contributed by atoms with Gasteiger partial charge in [0.25, 0.3) is 0 Å². The minimum absolute atomic E-state index is 0. The summed E-state index contributed by atoms with van der Waals surface area (Å²) >= 11 is 0. The molecule has 2 rings (SSSR count). The van der Waals surface area contributed by atoms with E-state index >= 15 is 0 Å². The smallest absolute Gasteiger partial charge is 0.116 e. The van der Waals surface area contributed by atoms with E-state index < -0.39 is 0 Å². The van der Waals surface area contributed by atoms with Crippen molar-refractivity contribution in [1.82, 2.24) is 9.97 Å². The maximum absolute atomic E-state index is 4.07. The van der Waals surface area contributed by atoms with Crippen LogP contribution in [0.4, 0.5) is 0 Å². The van der Waals surface area contributed by atoms with E-state index in [9.17, 15) is 0 Å². The van der Waals surface area contributed by atoms with E-state index in [-0.39, 0.29) is 1.43 Å². The molecule has 50 valence electrons. The molecular formula is C8H8N2. The highest BCUT2D eigenvalue weighted by Gasteiger charge is 1.87. The van der Waals surface area contributed by atoms with Gasteiger partial charge >= 0.3 is 0 Å². The van der Waals surface area contributed by atoms with Crippen molar-refractivity contribution in [3.05, 3.63) is 36.8 Å². The molecule has 1 aromatic carbocycles. The molecule has 0 atom stereocenters. The van der Waals surface area contributed by atoms with Crippen molar-refractivity contribution in [2.45, 2.75) is 0 Å². The number of nitrogens with zero attached hydrogens (tertiary/aromatic N) is 2. The summed E-state index contributed by atoms with van der Waals surface area (Å²) in [6.45, 7) is 0. The van der Waals surface area contributed by atoms with Gasteiger partial charge in [0, 0.05) is 13.0 Å². The second-order valence-electron chi connectivity index (χ2n) is 2.08. The fourth-order valence-electron chi connectivity index (χ4n) is 0.923. The van der Waals surface area contributed by atoms with E-state index in [1.165, 1.54) is 0 Å². The molecule has 1 aromatic heterocycles. The van der Waals surface area contributed by atoms with Crippen LogP contribution in [0.1, 0.15) is 1.43 Å². The van der Waals surface area contributed by atoms with Gasteiger partial charge in [0.2, 0.25) is 0 Å². The number of hydrogen-bond donors (Lipinski definition) is 0. The molecule has 0 aliphatic heterocycles. The lowest BCUT2D eigenvalue weighted by Gasteiger charge is -1.90. The van der Waals surface area contributed by atoms with Gasteiger partial charge in [0.05, 0.1) is 5.52 Å². The molecule has 1 heterocycles. The van der Waals surface area contributed by atoms with Crippen LogP contribution in [0.5, 0.6) is 0 Å². The number of fused-ring (bicyclic) bond motifs is 1. The topological polar surface area (TPSA) is 25.8 Å². The van der Waals surface area contributed by atoms with E-state index in [1.54, 1.807) is 6.33 Å². The molecule has 0 saturated carbocycles. The lowest BCUT2D eigenvalue weighted by molar-refractivity contribution is 1.22. The van der Waals surface area contributed by atoms with Crippen LogP contribution in [-0.4, -0.2) is 9.97 Å². The SMILES string of the molecule is [HH].c1ccc2ncncc2c1. The predicted molar refractivity (Wildman–Crippen MR) is 41.7 cm³/mol. The van der Waals surface area contributed by atoms with Gasteiger partial charge in [-0.15, -0.1) is 0 Å². The van der Waals surface area contributed by atoms with E-state index in [2.05, 4.69) is 9.97 Å². The summed E-state index contributed by atoms with van der Waals surface area (Å²) in [6.07, 6.45) is 3.37. The Labute approximate surface area is 60.0 Å². The second-order valence-corrected chi connectivity index (χ2v) is 2.08. The van der Waals surface area contributed by atoms with Gasteiger partial charge in [-0.25, -0.2) is 9.97 Å². The lowest BCUT2D eigenvalue weighted by Crippen LogP contribution is -1.77. The Balaban J connectivity index is 0.000000605. The van der Waals surface area contributed by atoms with Gasteiger partial charge in [-0.2, -0.15) is 0 Å². The van der Waals surface area contributed by atoms with Crippen molar-refractivity contribution in [2.75, 3.05) is 0 Å². The monoisotopic (exact) mass is 132 g/mol. The summed E-state index contributed by atoms with van der Waals surface area (Å²) in [4.78, 5) is 7.97. The number of para-hydroxylation sites is 1. The molecule has 0 fully saturated rings. The van der Waals surface area contributed by atoms with Crippen LogP contribution in [0.15, 0.2) is 36.8 Å². The van der Waals surface area contributed by atoms with Crippen LogP contribution in [0, 0.1) is 0 Å². The average Bonchev–Trinajstić information content (AvgIpc) is 2.05. The van der Waals surface area contributed by atoms with Crippen LogP contribution < -0.4 is 0 Å². The van der Waals surface area contributed by atoms with Crippen LogP contribution >= 0.6 is 0 Å². The molecule has 2 nitrogen and oxygen atoms in total. The summed E-state index contributed by atoms with van der Waals surface area (Å²) in [5.41, 5.74) is 0.998. The minimum Gasteiger partial charge on any atom is -0.244 e. The zero-order chi connectivity index (χ0) is 6.81. The van der Waals surface area contributed by atoms with Crippen molar-refractivity contribution < 1.29 is 1.43 Å². The number of rotatable bonds is 0. The first-order chi connectivity index (χ1) is 4.97. The fourth-order valence-corrected chi connectivity index (χ4v) is 0.923. The zero-order valence-corrected chi connectivity index (χ0v) is 5.36. The molecule has 0 spiro atoms. The van der Waals surface area contributed by atoms with E-state index in [0.717, 1.165) is 10.9 Å². The molecule has 0 unspecified atom stereocenters. The first-order valence-corrected chi connectivity index (χ1v) is 3.11. The number of hydrogen-bond acceptors (Lipinski definition) is 2. The maximum Gasteiger partial charge on any atom is 0.116 e. The van der Waals surface area contributed by atoms with Crippen LogP contribution in [0.3, 0.4) is 0 Å². The minimum atomic E-state index is 0. The van der Waals surface area contributed by atoms with Crippen LogP contribution in [0.2, 0.25) is 0 Å². The Hall–Kier alpha value is -1.44. The Bertz CT molecular complexity index is 283. The quantitative estimate of drug-likeness (QED) is 0.547. The summed E-state index contributed by atoms with van der Waals surface area (Å²) in [5, 5.41) is 1.09. The molecule has 0 amide bonds. The summed E-state index contributed by atoms with van der Waals surface area (Å²) in [5.74, 6) is 0. The largest absolute Gasteiger partial charge is 0.244 e. The van der Waals surface area contributed by atoms with Gasteiger partial charge < -0.3 is 0 Å². The molecule has 10 heavy (non-hydrogen) atoms. The van der Waals surface area contributed by atoms with Gasteiger partial charge in [-0.05, 0) is 6.07 Å². The first-order valence-electron chi connectivity index (χ1n) is 3.11. The molecule has 0 aliphatic carbocycles. The second kappa shape index (κ2) is 2.06. The predicted octanol–water partition coefficient (Wildman–Crippen LogP) is 1.88. The molecule has 2 heteroatoms. The van der Waals surface area contributed by atoms with Crippen molar-refractivity contribution in [1.29, 1.82) is 0 Å². The third-order valence-corrected chi connectivity index (χ3v) is 1.41. The zero-order valence-electron chi connectivity index (χ0n) is 5.36. The highest BCUT2D eigenvalue weighted by Crippen LogP contribution is 2.06. The fraction of sp³-hybridized carbons (Fsp3) is 0. The first kappa shape index (κ1) is 5.35. The Morgan fingerprint density at radius 2 is 2.10 bits per heavy atom. The standard InChI is InChI=1S/C8H6N2.H2/c1-2-4-8-7(3-1)5-9-6-10-8;/h1-6H;1H. The molecule has 0 radical (unpaired) electrons. The third-order valence-electron chi connectivity index (χ3n) is 1.41. The summed E-state index contributed by atoms with van der Waals surface area (Å²) < 4.78 is 0. The highest BCUT2D eigenvalue weighted by molar-refractivity contribution is 5.76. The lowest BCUT2D eigenvalue weighted by atomic mass is 10.2. The highest BCUT2D eigenvalue weighted by atomic mass is 14.8. The molecule has 0 aliphatic rings. The molecule has 0 saturated heterocycles. The Kier molecular flexibility index (Phi) is 1.10. The maximum atomic E-state index is 4.07. The average molecular weight is 132 g/mol. The molecule has 2 aromatic rings. The normalized spacial score (nSPS) is 10.0. The molecular weight excluding hydrogens is 124 g/mol. The number of benzene rings is 1. The van der Waals surface area contributed by atoms with Crippen molar-refractivity contribution in [2.24, 2.45) is 0 Å². The Morgan fingerprint density at radius 3 is 3.00 bits per heavy atom. The van der Waals surface area contributed by atoms with Gasteiger partial charge in [0.15, 0.2) is 0 Å². The van der Waals surface area contributed by atoms with Crippen molar-refractivity contribution >= 4 is 10.9 Å². The van der Waals surface area contributed by atoms with Crippen LogP contribution in [0.25, 0.3) is 10.9 Å². The van der Waals surface area contributed by atoms with Gasteiger partial charge in [0.1, 0.15) is 6.33 Å². The summed E-state index contributed by atoms with van der Waals surface area (Å²) in [6, 6.07) is 7.91. The van der Waals surface area contributed by atoms with Crippen LogP contribution in [-0.2, 0) is 0 Å². The van der Waals surface area contributed by atoms with E-state index in [4.69, 9.17) is 0 Å². The number of aromatic nitrogens is 2. The van der Waals surface area contributed by atoms with Crippen molar-refractivity contribution in [3.63, 3.8) is 0 Å². The molecule has 0 N–H and O–H groups in total.